The van der Waals surface area contributed by atoms with Gasteiger partial charge in [0.2, 0.25) is 0 Å². The molecule has 0 N–H and O–H groups in total. The lowest BCUT2D eigenvalue weighted by Crippen LogP contribution is -1.94. The molecule has 0 aliphatic heterocycles. The van der Waals surface area contributed by atoms with Crippen LogP contribution in [0.2, 0.25) is 0 Å². The molecule has 2 heteroatoms. The minimum Gasteiger partial charge on any atom is -0.309 e. The van der Waals surface area contributed by atoms with Gasteiger partial charge in [-0.15, -0.1) is 0 Å². The minimum atomic E-state index is 0.0458. The van der Waals surface area contributed by atoms with Crippen LogP contribution < -0.4 is 0 Å². The summed E-state index contributed by atoms with van der Waals surface area (Å²) in [6.45, 7) is 0. The highest BCUT2D eigenvalue weighted by Gasteiger charge is 2.18. The van der Waals surface area contributed by atoms with Crippen LogP contribution >= 0.6 is 0 Å². The largest absolute Gasteiger partial charge is 0.309 e. The van der Waals surface area contributed by atoms with Crippen molar-refractivity contribution in [3.8, 4) is 44.8 Å². The second-order valence-electron chi connectivity index (χ2n) is 12.7. The third kappa shape index (κ3) is 4.50. The Bertz CT molecular complexity index is 3020. The molecule has 0 bridgehead atoms. The van der Waals surface area contributed by atoms with E-state index in [1.807, 2.05) is 77.4 Å². The van der Waals surface area contributed by atoms with Gasteiger partial charge >= 0.3 is 0 Å². The van der Waals surface area contributed by atoms with Gasteiger partial charge in [-0.25, -0.2) is 0 Å². The van der Waals surface area contributed by atoms with Crippen LogP contribution in [-0.4, -0.2) is 9.13 Å². The van der Waals surface area contributed by atoms with Crippen molar-refractivity contribution in [1.29, 1.82) is 0 Å². The van der Waals surface area contributed by atoms with E-state index in [2.05, 4.69) is 108 Å². The fourth-order valence-corrected chi connectivity index (χ4v) is 7.57. The summed E-state index contributed by atoms with van der Waals surface area (Å²) in [5, 5.41) is 3.71. The monoisotopic (exact) mass is 639 g/mol. The second-order valence-corrected chi connectivity index (χ2v) is 12.7. The van der Waals surface area contributed by atoms with E-state index in [0.29, 0.717) is 16.5 Å². The molecule has 10 rings (SSSR count). The van der Waals surface area contributed by atoms with Crippen molar-refractivity contribution >= 4 is 43.6 Å². The van der Waals surface area contributed by atoms with Gasteiger partial charge in [0.15, 0.2) is 0 Å². The quantitative estimate of drug-likeness (QED) is 0.177. The number of aromatic nitrogens is 2. The first kappa shape index (κ1) is 25.4. The summed E-state index contributed by atoms with van der Waals surface area (Å²) in [7, 11) is 0. The minimum absolute atomic E-state index is 0.0458. The third-order valence-electron chi connectivity index (χ3n) is 9.82. The van der Waals surface area contributed by atoms with Gasteiger partial charge in [0, 0.05) is 32.9 Å². The number of rotatable bonds is 5. The van der Waals surface area contributed by atoms with Gasteiger partial charge in [0.25, 0.3) is 0 Å². The molecule has 0 atom stereocenters. The van der Waals surface area contributed by atoms with Crippen molar-refractivity contribution in [2.75, 3.05) is 0 Å². The van der Waals surface area contributed by atoms with E-state index in [1.54, 1.807) is 0 Å². The van der Waals surface area contributed by atoms with E-state index in [1.165, 1.54) is 0 Å². The van der Waals surface area contributed by atoms with Gasteiger partial charge < -0.3 is 9.13 Å². The number of hydrogen-bond donors (Lipinski definition) is 0. The van der Waals surface area contributed by atoms with Crippen LogP contribution in [0.3, 0.4) is 0 Å². The molecule has 2 nitrogen and oxygen atoms in total. The molecule has 0 saturated heterocycles. The number of hydrogen-bond acceptors (Lipinski definition) is 0. The fraction of sp³-hybridized carbons (Fsp3) is 0. The zero-order valence-electron chi connectivity index (χ0n) is 30.1. The lowest BCUT2D eigenvalue weighted by atomic mass is 9.97. The van der Waals surface area contributed by atoms with Crippen LogP contribution in [0.25, 0.3) is 88.4 Å². The molecule has 0 radical (unpaired) electrons. The van der Waals surface area contributed by atoms with E-state index in [4.69, 9.17) is 0 Å². The molecular weight excluding hydrogens is 605 g/mol. The lowest BCUT2D eigenvalue weighted by molar-refractivity contribution is 1.18. The molecule has 0 fully saturated rings. The fourth-order valence-electron chi connectivity index (χ4n) is 7.57. The predicted octanol–water partition coefficient (Wildman–Crippen LogP) is 12.9. The summed E-state index contributed by atoms with van der Waals surface area (Å²) in [5.74, 6) is 0. The molecule has 0 aliphatic carbocycles. The van der Waals surface area contributed by atoms with Crippen molar-refractivity contribution in [2.24, 2.45) is 0 Å². The van der Waals surface area contributed by atoms with Gasteiger partial charge in [-0.05, 0) is 94.0 Å². The van der Waals surface area contributed by atoms with Crippen LogP contribution in [0.1, 0.15) is 4.11 Å². The molecule has 0 amide bonds. The van der Waals surface area contributed by atoms with Gasteiger partial charge in [-0.1, -0.05) is 133 Å². The van der Waals surface area contributed by atoms with Crippen molar-refractivity contribution < 1.29 is 4.11 Å². The molecule has 50 heavy (non-hydrogen) atoms. The highest BCUT2D eigenvalue weighted by atomic mass is 15.0. The first-order chi connectivity index (χ1) is 26.1. The number of fused-ring (bicyclic) bond motifs is 6. The van der Waals surface area contributed by atoms with Crippen LogP contribution in [-0.2, 0) is 0 Å². The number of benzene rings is 8. The maximum Gasteiger partial charge on any atom is 0.0645 e. The van der Waals surface area contributed by atoms with E-state index in [0.717, 1.165) is 71.9 Å². The Hall–Kier alpha value is -6.64. The van der Waals surface area contributed by atoms with E-state index in [9.17, 15) is 4.11 Å². The SMILES string of the molecule is [2H]c1c(-c2ccc3c(c2)c2c(-c4ccccc4)cccc2n3-c2cccc(-c3ccccc3)c2)c([2H])c2c3ccccc3n(-c3ccccc3)c2c1[2H]. The normalized spacial score (nSPS) is 12.4. The molecular formula is C48H32N2. The van der Waals surface area contributed by atoms with Gasteiger partial charge in [-0.3, -0.25) is 0 Å². The smallest absolute Gasteiger partial charge is 0.0645 e. The molecule has 234 valence electrons. The summed E-state index contributed by atoms with van der Waals surface area (Å²) in [6, 6.07) is 60.7. The summed E-state index contributed by atoms with van der Waals surface area (Å²) in [6.07, 6.45) is 0. The standard InChI is InChI=1S/C48H32N2/c1-4-14-33(15-5-1)35-18-12-21-39(30-35)50-46-29-27-37(32-43(46)48-40(23-13-25-47(48)50)34-16-6-2-7-17-34)36-26-28-45-42(31-36)41-22-10-11-24-44(41)49(45)38-19-8-3-9-20-38/h1-32H/i26D,28D,31D. The first-order valence-corrected chi connectivity index (χ1v) is 17.0. The Morgan fingerprint density at radius 1 is 0.340 bits per heavy atom. The van der Waals surface area contributed by atoms with E-state index in [-0.39, 0.29) is 18.1 Å². The number of para-hydroxylation sites is 2. The Labute approximate surface area is 294 Å². The molecule has 8 aromatic carbocycles. The summed E-state index contributed by atoms with van der Waals surface area (Å²) in [4.78, 5) is 0. The molecule has 2 heterocycles. The van der Waals surface area contributed by atoms with Gasteiger partial charge in [0.05, 0.1) is 26.2 Å². The molecule has 0 saturated carbocycles. The maximum absolute atomic E-state index is 9.74. The Morgan fingerprint density at radius 3 is 1.76 bits per heavy atom. The molecule has 10 aromatic rings. The van der Waals surface area contributed by atoms with Crippen LogP contribution in [0.4, 0.5) is 0 Å². The van der Waals surface area contributed by atoms with Crippen LogP contribution in [0, 0.1) is 0 Å². The van der Waals surface area contributed by atoms with E-state index < -0.39 is 0 Å². The Kier molecular flexibility index (Phi) is 5.84. The average molecular weight is 640 g/mol. The summed E-state index contributed by atoms with van der Waals surface area (Å²) in [5.41, 5.74) is 11.3. The van der Waals surface area contributed by atoms with Crippen LogP contribution in [0.15, 0.2) is 194 Å². The zero-order valence-corrected chi connectivity index (χ0v) is 27.1. The Balaban J connectivity index is 1.27. The van der Waals surface area contributed by atoms with Gasteiger partial charge in [-0.2, -0.15) is 0 Å². The van der Waals surface area contributed by atoms with Crippen molar-refractivity contribution in [1.82, 2.24) is 9.13 Å². The average Bonchev–Trinajstić information content (AvgIpc) is 3.75. The maximum atomic E-state index is 9.74. The highest BCUT2D eigenvalue weighted by molar-refractivity contribution is 6.17. The summed E-state index contributed by atoms with van der Waals surface area (Å²) < 4.78 is 33.0. The van der Waals surface area contributed by atoms with E-state index >= 15 is 0 Å². The van der Waals surface area contributed by atoms with Gasteiger partial charge in [0.1, 0.15) is 0 Å². The zero-order chi connectivity index (χ0) is 35.6. The second kappa shape index (κ2) is 11.5. The first-order valence-electron chi connectivity index (χ1n) is 18.5. The predicted molar refractivity (Wildman–Crippen MR) is 211 cm³/mol. The molecule has 2 aromatic heterocycles. The third-order valence-corrected chi connectivity index (χ3v) is 9.82. The summed E-state index contributed by atoms with van der Waals surface area (Å²) >= 11 is 0. The molecule has 0 aliphatic rings. The van der Waals surface area contributed by atoms with Crippen molar-refractivity contribution in [3.63, 3.8) is 0 Å². The number of nitrogens with zero attached hydrogens (tertiary/aromatic N) is 2. The van der Waals surface area contributed by atoms with Crippen LogP contribution in [0.5, 0.6) is 0 Å². The highest BCUT2D eigenvalue weighted by Crippen LogP contribution is 2.41. The van der Waals surface area contributed by atoms with Crippen molar-refractivity contribution in [2.45, 2.75) is 0 Å². The molecule has 0 unspecified atom stereocenters. The Morgan fingerprint density at radius 2 is 0.940 bits per heavy atom. The topological polar surface area (TPSA) is 9.86 Å². The molecule has 0 spiro atoms. The van der Waals surface area contributed by atoms with Crippen molar-refractivity contribution in [3.05, 3.63) is 194 Å². The lowest BCUT2D eigenvalue weighted by Gasteiger charge is -2.11.